The maximum atomic E-state index is 6.45. The van der Waals surface area contributed by atoms with Gasteiger partial charge in [0.05, 0.1) is 0 Å². The van der Waals surface area contributed by atoms with Crippen molar-refractivity contribution < 1.29 is 4.42 Å². The average molecular weight is 227 g/mol. The first kappa shape index (κ1) is 9.72. The summed E-state index contributed by atoms with van der Waals surface area (Å²) < 4.78 is 6.11. The minimum atomic E-state index is 0.0334. The fourth-order valence-electron chi connectivity index (χ4n) is 3.32. The van der Waals surface area contributed by atoms with Crippen molar-refractivity contribution in [2.75, 3.05) is 0 Å². The van der Waals surface area contributed by atoms with Crippen molar-refractivity contribution in [2.45, 2.75) is 43.6 Å². The number of hydrogen-bond acceptors (Lipinski definition) is 2. The predicted molar refractivity (Wildman–Crippen MR) is 68.0 cm³/mol. The first-order valence-electron chi connectivity index (χ1n) is 6.44. The van der Waals surface area contributed by atoms with Gasteiger partial charge in [-0.25, -0.2) is 0 Å². The number of furan rings is 1. The molecule has 4 rings (SSSR count). The van der Waals surface area contributed by atoms with Crippen LogP contribution < -0.4 is 5.73 Å². The molecule has 0 aliphatic heterocycles. The molecular weight excluding hydrogens is 210 g/mol. The molecule has 2 aromatic rings. The fraction of sp³-hybridized carbons (Fsp3) is 0.467. The van der Waals surface area contributed by atoms with Gasteiger partial charge in [-0.05, 0) is 44.2 Å². The number of nitrogens with two attached hydrogens (primary N) is 1. The quantitative estimate of drug-likeness (QED) is 0.855. The minimum absolute atomic E-state index is 0.0334. The Balaban J connectivity index is 1.95. The van der Waals surface area contributed by atoms with Crippen molar-refractivity contribution in [3.8, 4) is 0 Å². The standard InChI is InChI=1S/C15H17NO/c1-10-11-4-2-3-5-12(11)17-13(10)14(6-7-14)15(16)8-9-15/h2-5H,6-9,16H2,1H3. The lowest BCUT2D eigenvalue weighted by molar-refractivity contribution is 0.402. The van der Waals surface area contributed by atoms with Crippen LogP contribution in [0.3, 0.4) is 0 Å². The summed E-state index contributed by atoms with van der Waals surface area (Å²) in [5.41, 5.74) is 8.96. The second-order valence-electron chi connectivity index (χ2n) is 5.79. The first-order chi connectivity index (χ1) is 8.16. The zero-order valence-electron chi connectivity index (χ0n) is 10.1. The highest BCUT2D eigenvalue weighted by atomic mass is 16.3. The van der Waals surface area contributed by atoms with Crippen molar-refractivity contribution in [2.24, 2.45) is 5.73 Å². The van der Waals surface area contributed by atoms with Gasteiger partial charge < -0.3 is 10.2 Å². The van der Waals surface area contributed by atoms with E-state index < -0.39 is 0 Å². The lowest BCUT2D eigenvalue weighted by atomic mass is 9.89. The smallest absolute Gasteiger partial charge is 0.134 e. The predicted octanol–water partition coefficient (Wildman–Crippen LogP) is 3.26. The molecule has 2 nitrogen and oxygen atoms in total. The summed E-state index contributed by atoms with van der Waals surface area (Å²) in [6.45, 7) is 2.17. The van der Waals surface area contributed by atoms with Gasteiger partial charge in [-0.15, -0.1) is 0 Å². The van der Waals surface area contributed by atoms with Crippen molar-refractivity contribution in [3.63, 3.8) is 0 Å². The number of benzene rings is 1. The molecule has 0 bridgehead atoms. The van der Waals surface area contributed by atoms with E-state index in [0.29, 0.717) is 0 Å². The van der Waals surface area contributed by atoms with E-state index in [1.54, 1.807) is 0 Å². The van der Waals surface area contributed by atoms with Gasteiger partial charge >= 0.3 is 0 Å². The van der Waals surface area contributed by atoms with Gasteiger partial charge in [-0.1, -0.05) is 18.2 Å². The fourth-order valence-corrected chi connectivity index (χ4v) is 3.32. The Morgan fingerprint density at radius 2 is 1.82 bits per heavy atom. The zero-order valence-corrected chi connectivity index (χ0v) is 10.1. The summed E-state index contributed by atoms with van der Waals surface area (Å²) in [4.78, 5) is 0. The summed E-state index contributed by atoms with van der Waals surface area (Å²) in [6, 6.07) is 8.30. The molecule has 2 aliphatic rings. The Hall–Kier alpha value is -1.28. The highest BCUT2D eigenvalue weighted by Crippen LogP contribution is 2.64. The maximum absolute atomic E-state index is 6.45. The van der Waals surface area contributed by atoms with E-state index in [0.717, 1.165) is 18.4 Å². The van der Waals surface area contributed by atoms with Crippen molar-refractivity contribution >= 4 is 11.0 Å². The number of fused-ring (bicyclic) bond motifs is 1. The van der Waals surface area contributed by atoms with Crippen LogP contribution in [0.15, 0.2) is 28.7 Å². The molecular formula is C15H17NO. The van der Waals surface area contributed by atoms with Crippen LogP contribution in [0.25, 0.3) is 11.0 Å². The molecule has 1 heterocycles. The van der Waals surface area contributed by atoms with Crippen molar-refractivity contribution in [1.29, 1.82) is 0 Å². The number of aryl methyl sites for hydroxylation is 1. The number of para-hydroxylation sites is 1. The van der Waals surface area contributed by atoms with Crippen molar-refractivity contribution in [1.82, 2.24) is 0 Å². The molecule has 0 atom stereocenters. The molecule has 0 spiro atoms. The van der Waals surface area contributed by atoms with Crippen LogP contribution >= 0.6 is 0 Å². The third-order valence-electron chi connectivity index (χ3n) is 4.77. The summed E-state index contributed by atoms with van der Waals surface area (Å²) >= 11 is 0. The van der Waals surface area contributed by atoms with Crippen LogP contribution in [0.5, 0.6) is 0 Å². The first-order valence-corrected chi connectivity index (χ1v) is 6.44. The Labute approximate surface area is 101 Å². The van der Waals surface area contributed by atoms with Gasteiger partial charge in [0.15, 0.2) is 0 Å². The van der Waals surface area contributed by atoms with Gasteiger partial charge in [0.1, 0.15) is 11.3 Å². The number of rotatable bonds is 2. The maximum Gasteiger partial charge on any atom is 0.134 e. The van der Waals surface area contributed by atoms with Gasteiger partial charge in [0, 0.05) is 16.3 Å². The van der Waals surface area contributed by atoms with E-state index >= 15 is 0 Å². The van der Waals surface area contributed by atoms with E-state index in [4.69, 9.17) is 10.2 Å². The second-order valence-corrected chi connectivity index (χ2v) is 5.79. The van der Waals surface area contributed by atoms with Crippen molar-refractivity contribution in [3.05, 3.63) is 35.6 Å². The van der Waals surface area contributed by atoms with Crippen LogP contribution in [-0.4, -0.2) is 5.54 Å². The molecule has 1 aromatic heterocycles. The third kappa shape index (κ3) is 1.09. The normalized spacial score (nSPS) is 23.9. The van der Waals surface area contributed by atoms with E-state index in [2.05, 4.69) is 25.1 Å². The Morgan fingerprint density at radius 3 is 2.41 bits per heavy atom. The average Bonchev–Trinajstić information content (AvgIpc) is 3.23. The Kier molecular flexibility index (Phi) is 1.57. The topological polar surface area (TPSA) is 39.2 Å². The molecule has 2 saturated carbocycles. The van der Waals surface area contributed by atoms with Crippen LogP contribution in [0, 0.1) is 6.92 Å². The lowest BCUT2D eigenvalue weighted by Gasteiger charge is -2.21. The minimum Gasteiger partial charge on any atom is -0.460 e. The molecule has 2 fully saturated rings. The van der Waals surface area contributed by atoms with Crippen LogP contribution in [0.4, 0.5) is 0 Å². The van der Waals surface area contributed by atoms with E-state index in [9.17, 15) is 0 Å². The molecule has 0 amide bonds. The molecule has 1 aromatic carbocycles. The molecule has 17 heavy (non-hydrogen) atoms. The summed E-state index contributed by atoms with van der Waals surface area (Å²) in [6.07, 6.45) is 4.71. The molecule has 2 N–H and O–H groups in total. The van der Waals surface area contributed by atoms with E-state index in [1.165, 1.54) is 29.6 Å². The molecule has 0 unspecified atom stereocenters. The highest BCUT2D eigenvalue weighted by Gasteiger charge is 2.66. The van der Waals surface area contributed by atoms with Gasteiger partial charge in [0.25, 0.3) is 0 Å². The number of hydrogen-bond donors (Lipinski definition) is 1. The van der Waals surface area contributed by atoms with Crippen LogP contribution in [0.1, 0.15) is 37.0 Å². The largest absolute Gasteiger partial charge is 0.460 e. The van der Waals surface area contributed by atoms with E-state index in [-0.39, 0.29) is 11.0 Å². The lowest BCUT2D eigenvalue weighted by Crippen LogP contribution is -2.37. The van der Waals surface area contributed by atoms with Crippen LogP contribution in [0.2, 0.25) is 0 Å². The summed E-state index contributed by atoms with van der Waals surface area (Å²) in [7, 11) is 0. The second kappa shape index (κ2) is 2.75. The molecule has 2 aliphatic carbocycles. The highest BCUT2D eigenvalue weighted by molar-refractivity contribution is 5.82. The molecule has 0 radical (unpaired) electrons. The monoisotopic (exact) mass is 227 g/mol. The van der Waals surface area contributed by atoms with Gasteiger partial charge in [-0.2, -0.15) is 0 Å². The third-order valence-corrected chi connectivity index (χ3v) is 4.77. The Morgan fingerprint density at radius 1 is 1.12 bits per heavy atom. The molecule has 88 valence electrons. The van der Waals surface area contributed by atoms with Crippen LogP contribution in [-0.2, 0) is 5.41 Å². The molecule has 2 heteroatoms. The Bertz CT molecular complexity index is 602. The van der Waals surface area contributed by atoms with E-state index in [1.807, 2.05) is 6.07 Å². The van der Waals surface area contributed by atoms with Gasteiger partial charge in [-0.3, -0.25) is 0 Å². The SMILES string of the molecule is Cc1c(C2(C3(N)CC3)CC2)oc2ccccc12. The summed E-state index contributed by atoms with van der Waals surface area (Å²) in [5.74, 6) is 1.17. The molecule has 0 saturated heterocycles. The van der Waals surface area contributed by atoms with Gasteiger partial charge in [0.2, 0.25) is 0 Å². The summed E-state index contributed by atoms with van der Waals surface area (Å²) in [5, 5.41) is 1.25. The zero-order chi connectivity index (χ0) is 11.7.